The third kappa shape index (κ3) is 2.42. The maximum Gasteiger partial charge on any atom is 0.0676 e. The number of rotatable bonds is 4. The molecule has 3 aromatic rings. The molecular weight excluding hydrogens is 250 g/mol. The number of thiophene rings is 1. The first-order valence-electron chi connectivity index (χ1n) is 6.64. The summed E-state index contributed by atoms with van der Waals surface area (Å²) in [5, 5.41) is 8.39. The molecule has 2 aromatic carbocycles. The Bertz CT molecular complexity index is 653. The van der Waals surface area contributed by atoms with Crippen LogP contribution < -0.4 is 5.32 Å². The Labute approximate surface area is 117 Å². The SMILES string of the molecule is CCNC(c1cccs1)c1cccc2ccccc12. The van der Waals surface area contributed by atoms with Gasteiger partial charge in [0.2, 0.25) is 0 Å². The molecule has 2 heteroatoms. The Morgan fingerprint density at radius 1 is 1.00 bits per heavy atom. The van der Waals surface area contributed by atoms with Gasteiger partial charge in [0.15, 0.2) is 0 Å². The first-order chi connectivity index (χ1) is 9.40. The average Bonchev–Trinajstić information content (AvgIpc) is 2.98. The monoisotopic (exact) mass is 267 g/mol. The predicted molar refractivity (Wildman–Crippen MR) is 83.8 cm³/mol. The fourth-order valence-corrected chi connectivity index (χ4v) is 3.34. The Hall–Kier alpha value is -1.64. The highest BCUT2D eigenvalue weighted by Crippen LogP contribution is 2.31. The Kier molecular flexibility index (Phi) is 3.62. The van der Waals surface area contributed by atoms with E-state index in [1.165, 1.54) is 21.2 Å². The lowest BCUT2D eigenvalue weighted by atomic mass is 9.98. The van der Waals surface area contributed by atoms with Crippen LogP contribution in [0.2, 0.25) is 0 Å². The van der Waals surface area contributed by atoms with E-state index in [1.807, 2.05) is 11.3 Å². The minimum Gasteiger partial charge on any atom is -0.306 e. The molecule has 1 N–H and O–H groups in total. The van der Waals surface area contributed by atoms with Gasteiger partial charge in [-0.3, -0.25) is 0 Å². The van der Waals surface area contributed by atoms with Crippen LogP contribution in [0.1, 0.15) is 23.4 Å². The van der Waals surface area contributed by atoms with Gasteiger partial charge in [-0.25, -0.2) is 0 Å². The van der Waals surface area contributed by atoms with Gasteiger partial charge in [-0.05, 0) is 34.3 Å². The van der Waals surface area contributed by atoms with Crippen molar-refractivity contribution in [1.29, 1.82) is 0 Å². The van der Waals surface area contributed by atoms with E-state index in [1.54, 1.807) is 0 Å². The largest absolute Gasteiger partial charge is 0.306 e. The van der Waals surface area contributed by atoms with Gasteiger partial charge in [0.1, 0.15) is 0 Å². The quantitative estimate of drug-likeness (QED) is 0.728. The first-order valence-corrected chi connectivity index (χ1v) is 7.52. The lowest BCUT2D eigenvalue weighted by Crippen LogP contribution is -2.21. The summed E-state index contributed by atoms with van der Waals surface area (Å²) in [6.45, 7) is 3.12. The summed E-state index contributed by atoms with van der Waals surface area (Å²) in [5.74, 6) is 0. The number of hydrogen-bond acceptors (Lipinski definition) is 2. The minimum absolute atomic E-state index is 0.288. The molecule has 0 aliphatic carbocycles. The molecule has 1 atom stereocenters. The van der Waals surface area contributed by atoms with Crippen LogP contribution in [-0.4, -0.2) is 6.54 Å². The standard InChI is InChI=1S/C17H17NS/c1-2-18-17(16-11-6-12-19-16)15-10-5-8-13-7-3-4-9-14(13)15/h3-12,17-18H,2H2,1H3. The Morgan fingerprint density at radius 3 is 2.63 bits per heavy atom. The van der Waals surface area contributed by atoms with Crippen LogP contribution in [0.5, 0.6) is 0 Å². The van der Waals surface area contributed by atoms with Crippen LogP contribution in [-0.2, 0) is 0 Å². The summed E-state index contributed by atoms with van der Waals surface area (Å²) < 4.78 is 0. The summed E-state index contributed by atoms with van der Waals surface area (Å²) in [5.41, 5.74) is 1.36. The van der Waals surface area contributed by atoms with Gasteiger partial charge in [-0.2, -0.15) is 0 Å². The molecule has 1 unspecified atom stereocenters. The number of hydrogen-bond donors (Lipinski definition) is 1. The Balaban J connectivity index is 2.15. The fraction of sp³-hybridized carbons (Fsp3) is 0.176. The van der Waals surface area contributed by atoms with Crippen molar-refractivity contribution in [3.63, 3.8) is 0 Å². The van der Waals surface area contributed by atoms with E-state index >= 15 is 0 Å². The zero-order valence-electron chi connectivity index (χ0n) is 11.0. The molecular formula is C17H17NS. The van der Waals surface area contributed by atoms with Crippen molar-refractivity contribution in [3.05, 3.63) is 70.4 Å². The van der Waals surface area contributed by atoms with Gasteiger partial charge in [0.05, 0.1) is 6.04 Å². The average molecular weight is 267 g/mol. The van der Waals surface area contributed by atoms with Crippen LogP contribution in [0.3, 0.4) is 0 Å². The van der Waals surface area contributed by atoms with E-state index in [0.29, 0.717) is 0 Å². The first kappa shape index (κ1) is 12.4. The smallest absolute Gasteiger partial charge is 0.0676 e. The second-order valence-corrected chi connectivity index (χ2v) is 5.55. The highest BCUT2D eigenvalue weighted by Gasteiger charge is 2.15. The molecule has 0 saturated carbocycles. The number of nitrogens with one attached hydrogen (secondary N) is 1. The summed E-state index contributed by atoms with van der Waals surface area (Å²) in [7, 11) is 0. The highest BCUT2D eigenvalue weighted by atomic mass is 32.1. The van der Waals surface area contributed by atoms with Crippen molar-refractivity contribution in [2.45, 2.75) is 13.0 Å². The van der Waals surface area contributed by atoms with Gasteiger partial charge in [-0.15, -0.1) is 11.3 Å². The maximum absolute atomic E-state index is 3.60. The third-order valence-electron chi connectivity index (χ3n) is 3.37. The molecule has 1 nitrogen and oxygen atoms in total. The van der Waals surface area contributed by atoms with Gasteiger partial charge < -0.3 is 5.32 Å². The summed E-state index contributed by atoms with van der Waals surface area (Å²) in [6, 6.07) is 19.8. The molecule has 0 aliphatic rings. The molecule has 1 aromatic heterocycles. The van der Waals surface area contributed by atoms with E-state index in [-0.39, 0.29) is 6.04 Å². The van der Waals surface area contributed by atoms with Gasteiger partial charge >= 0.3 is 0 Å². The van der Waals surface area contributed by atoms with E-state index in [4.69, 9.17) is 0 Å². The molecule has 0 radical (unpaired) electrons. The number of fused-ring (bicyclic) bond motifs is 1. The second kappa shape index (κ2) is 5.55. The summed E-state index contributed by atoms with van der Waals surface area (Å²) in [4.78, 5) is 1.37. The molecule has 1 heterocycles. The molecule has 19 heavy (non-hydrogen) atoms. The van der Waals surface area contributed by atoms with Crippen LogP contribution in [0.25, 0.3) is 10.8 Å². The highest BCUT2D eigenvalue weighted by molar-refractivity contribution is 7.10. The molecule has 0 fully saturated rings. The van der Waals surface area contributed by atoms with Crippen LogP contribution in [0, 0.1) is 0 Å². The van der Waals surface area contributed by atoms with Crippen molar-refractivity contribution in [2.24, 2.45) is 0 Å². The third-order valence-corrected chi connectivity index (χ3v) is 4.31. The van der Waals surface area contributed by atoms with Gasteiger partial charge in [-0.1, -0.05) is 55.5 Å². The van der Waals surface area contributed by atoms with E-state index < -0.39 is 0 Å². The normalized spacial score (nSPS) is 12.7. The summed E-state index contributed by atoms with van der Waals surface area (Å²) in [6.07, 6.45) is 0. The van der Waals surface area contributed by atoms with Crippen LogP contribution in [0.4, 0.5) is 0 Å². The van der Waals surface area contributed by atoms with E-state index in [2.05, 4.69) is 72.2 Å². The minimum atomic E-state index is 0.288. The molecule has 0 aliphatic heterocycles. The molecule has 96 valence electrons. The molecule has 0 spiro atoms. The topological polar surface area (TPSA) is 12.0 Å². The van der Waals surface area contributed by atoms with Crippen LogP contribution in [0.15, 0.2) is 60.0 Å². The van der Waals surface area contributed by atoms with Gasteiger partial charge in [0, 0.05) is 4.88 Å². The van der Waals surface area contributed by atoms with E-state index in [9.17, 15) is 0 Å². The van der Waals surface area contributed by atoms with Crippen molar-refractivity contribution in [2.75, 3.05) is 6.54 Å². The van der Waals surface area contributed by atoms with E-state index in [0.717, 1.165) is 6.54 Å². The van der Waals surface area contributed by atoms with Gasteiger partial charge in [0.25, 0.3) is 0 Å². The maximum atomic E-state index is 3.60. The lowest BCUT2D eigenvalue weighted by molar-refractivity contribution is 0.643. The Morgan fingerprint density at radius 2 is 1.84 bits per heavy atom. The molecule has 0 saturated heterocycles. The summed E-state index contributed by atoms with van der Waals surface area (Å²) >= 11 is 1.81. The zero-order chi connectivity index (χ0) is 13.1. The van der Waals surface area contributed by atoms with Crippen molar-refractivity contribution in [1.82, 2.24) is 5.32 Å². The lowest BCUT2D eigenvalue weighted by Gasteiger charge is -2.19. The fourth-order valence-electron chi connectivity index (χ4n) is 2.53. The molecule has 3 rings (SSSR count). The molecule has 0 amide bonds. The van der Waals surface area contributed by atoms with Crippen molar-refractivity contribution in [3.8, 4) is 0 Å². The predicted octanol–water partition coefficient (Wildman–Crippen LogP) is 4.60. The zero-order valence-corrected chi connectivity index (χ0v) is 11.8. The molecule has 0 bridgehead atoms. The van der Waals surface area contributed by atoms with Crippen LogP contribution >= 0.6 is 11.3 Å². The number of benzene rings is 2. The van der Waals surface area contributed by atoms with Crippen molar-refractivity contribution >= 4 is 22.1 Å². The van der Waals surface area contributed by atoms with Crippen molar-refractivity contribution < 1.29 is 0 Å². The second-order valence-electron chi connectivity index (χ2n) is 4.57.